The normalized spacial score (nSPS) is 16.6. The summed E-state index contributed by atoms with van der Waals surface area (Å²) in [5.41, 5.74) is 0.291. The van der Waals surface area contributed by atoms with E-state index in [9.17, 15) is 18.0 Å². The maximum Gasteiger partial charge on any atom is 0.338 e. The average Bonchev–Trinajstić information content (AvgIpc) is 3.23. The summed E-state index contributed by atoms with van der Waals surface area (Å²) in [7, 11) is -1.53. The van der Waals surface area contributed by atoms with Crippen LogP contribution in [0, 0.1) is 0 Å². The summed E-state index contributed by atoms with van der Waals surface area (Å²) >= 11 is 0. The van der Waals surface area contributed by atoms with Crippen LogP contribution in [0.5, 0.6) is 0 Å². The van der Waals surface area contributed by atoms with E-state index in [2.05, 4.69) is 21.0 Å². The van der Waals surface area contributed by atoms with E-state index in [0.717, 1.165) is 32.2 Å². The zero-order valence-corrected chi connectivity index (χ0v) is 21.7. The van der Waals surface area contributed by atoms with Crippen LogP contribution in [0.15, 0.2) is 29.2 Å². The van der Waals surface area contributed by atoms with Gasteiger partial charge in [-0.3, -0.25) is 9.46 Å². The molecule has 0 aliphatic carbocycles. The smallest absolute Gasteiger partial charge is 0.338 e. The minimum absolute atomic E-state index is 0.0598. The van der Waals surface area contributed by atoms with Gasteiger partial charge in [0, 0.05) is 6.54 Å². The van der Waals surface area contributed by atoms with Crippen molar-refractivity contribution in [3.63, 3.8) is 0 Å². The van der Waals surface area contributed by atoms with Gasteiger partial charge in [0.05, 0.1) is 23.1 Å². The van der Waals surface area contributed by atoms with Gasteiger partial charge in [-0.25, -0.2) is 17.9 Å². The summed E-state index contributed by atoms with van der Waals surface area (Å²) < 4.78 is 34.2. The van der Waals surface area contributed by atoms with Crippen molar-refractivity contribution in [1.29, 1.82) is 0 Å². The quantitative estimate of drug-likeness (QED) is 0.212. The zero-order valence-electron chi connectivity index (χ0n) is 19.8. The van der Waals surface area contributed by atoms with Crippen LogP contribution in [-0.4, -0.2) is 44.2 Å². The molecule has 7 nitrogen and oxygen atoms in total. The van der Waals surface area contributed by atoms with E-state index < -0.39 is 27.9 Å². The van der Waals surface area contributed by atoms with E-state index in [1.54, 1.807) is 4.67 Å². The first kappa shape index (κ1) is 27.7. The predicted molar refractivity (Wildman–Crippen MR) is 133 cm³/mol. The minimum Gasteiger partial charge on any atom is -0.462 e. The number of carbonyl (C=O) groups is 2. The van der Waals surface area contributed by atoms with Crippen LogP contribution in [0.1, 0.15) is 94.3 Å². The molecule has 1 aliphatic heterocycles. The topological polar surface area (TPSA) is 92.8 Å². The Bertz CT molecular complexity index is 845. The second-order valence-corrected chi connectivity index (χ2v) is 11.1. The number of carbonyl (C=O) groups excluding carboxylic acids is 2. The van der Waals surface area contributed by atoms with Crippen LogP contribution in [0.3, 0.4) is 0 Å². The average molecular weight is 499 g/mol. The van der Waals surface area contributed by atoms with Gasteiger partial charge in [-0.1, -0.05) is 74.1 Å². The van der Waals surface area contributed by atoms with Crippen molar-refractivity contribution in [3.8, 4) is 0 Å². The third-order valence-electron chi connectivity index (χ3n) is 5.96. The SMILES string of the molecule is CCCCCCCCCCCCOC(=O)c1ccc(S(=O)(=O)NC(=O)[C@@H]2CCCN2P)cc1. The van der Waals surface area contributed by atoms with E-state index >= 15 is 0 Å². The Balaban J connectivity index is 1.67. The molecule has 1 N–H and O–H groups in total. The number of sulfonamides is 1. The van der Waals surface area contributed by atoms with Crippen LogP contribution in [0.4, 0.5) is 0 Å². The molecule has 0 radical (unpaired) electrons. The number of hydrogen-bond donors (Lipinski definition) is 1. The highest BCUT2D eigenvalue weighted by molar-refractivity contribution is 7.90. The second kappa shape index (κ2) is 14.7. The number of rotatable bonds is 15. The first-order valence-electron chi connectivity index (χ1n) is 12.2. The van der Waals surface area contributed by atoms with Gasteiger partial charge >= 0.3 is 5.97 Å². The Hall–Kier alpha value is -1.50. The van der Waals surface area contributed by atoms with Gasteiger partial charge in [0.15, 0.2) is 0 Å². The van der Waals surface area contributed by atoms with E-state index in [1.807, 2.05) is 0 Å². The summed E-state index contributed by atoms with van der Waals surface area (Å²) in [6.07, 6.45) is 13.6. The molecular formula is C24H39N2O5PS. The number of hydrogen-bond acceptors (Lipinski definition) is 6. The first-order valence-corrected chi connectivity index (χ1v) is 14.2. The van der Waals surface area contributed by atoms with Crippen molar-refractivity contribution >= 4 is 31.3 Å². The fourth-order valence-electron chi connectivity index (χ4n) is 3.94. The standard InChI is InChI=1S/C24H39N2O5PS/c1-2-3-4-5-6-7-8-9-10-11-19-31-24(28)20-14-16-21(17-15-20)33(29,30)25-23(27)22-13-12-18-26(22)32/h14-17,22H,2-13,18-19,32H2,1H3,(H,25,27)/t22-/m0/s1. The molecule has 1 amide bonds. The predicted octanol–water partition coefficient (Wildman–Crippen LogP) is 4.82. The van der Waals surface area contributed by atoms with Crippen LogP contribution in [-0.2, 0) is 19.6 Å². The fraction of sp³-hybridized carbons (Fsp3) is 0.667. The van der Waals surface area contributed by atoms with Gasteiger partial charge < -0.3 is 4.74 Å². The third kappa shape index (κ3) is 9.71. The minimum atomic E-state index is -3.99. The summed E-state index contributed by atoms with van der Waals surface area (Å²) in [5, 5.41) is 0. The van der Waals surface area contributed by atoms with Crippen molar-refractivity contribution in [2.75, 3.05) is 13.2 Å². The van der Waals surface area contributed by atoms with E-state index in [1.165, 1.54) is 69.2 Å². The van der Waals surface area contributed by atoms with E-state index in [4.69, 9.17) is 4.74 Å². The highest BCUT2D eigenvalue weighted by Gasteiger charge is 2.31. The number of nitrogens with one attached hydrogen (secondary N) is 1. The number of unbranched alkanes of at least 4 members (excludes halogenated alkanes) is 9. The zero-order chi connectivity index (χ0) is 24.1. The monoisotopic (exact) mass is 498 g/mol. The van der Waals surface area contributed by atoms with Gasteiger partial charge in [-0.05, 0) is 43.5 Å². The molecule has 33 heavy (non-hydrogen) atoms. The molecule has 0 spiro atoms. The Morgan fingerprint density at radius 3 is 2.12 bits per heavy atom. The van der Waals surface area contributed by atoms with Crippen molar-refractivity contribution in [3.05, 3.63) is 29.8 Å². The molecule has 0 saturated carbocycles. The molecule has 0 aromatic heterocycles. The Morgan fingerprint density at radius 2 is 1.58 bits per heavy atom. The number of amides is 1. The molecule has 2 atom stereocenters. The van der Waals surface area contributed by atoms with Crippen molar-refractivity contribution in [2.45, 2.75) is 94.9 Å². The van der Waals surface area contributed by atoms with Crippen molar-refractivity contribution < 1.29 is 22.7 Å². The molecule has 2 rings (SSSR count). The molecule has 1 aromatic rings. The summed E-state index contributed by atoms with van der Waals surface area (Å²) in [6.45, 7) is 3.32. The van der Waals surface area contributed by atoms with Crippen molar-refractivity contribution in [1.82, 2.24) is 9.39 Å². The molecule has 1 heterocycles. The van der Waals surface area contributed by atoms with Gasteiger partial charge in [-0.2, -0.15) is 0 Å². The molecule has 1 saturated heterocycles. The Morgan fingerprint density at radius 1 is 1.00 bits per heavy atom. The lowest BCUT2D eigenvalue weighted by atomic mass is 10.1. The van der Waals surface area contributed by atoms with Gasteiger partial charge in [0.2, 0.25) is 0 Å². The highest BCUT2D eigenvalue weighted by atomic mass is 32.2. The van der Waals surface area contributed by atoms with Crippen LogP contribution in [0.2, 0.25) is 0 Å². The van der Waals surface area contributed by atoms with Gasteiger partial charge in [0.25, 0.3) is 15.9 Å². The number of benzene rings is 1. The van der Waals surface area contributed by atoms with E-state index in [-0.39, 0.29) is 4.90 Å². The van der Waals surface area contributed by atoms with E-state index in [0.29, 0.717) is 18.6 Å². The molecule has 186 valence electrons. The van der Waals surface area contributed by atoms with Gasteiger partial charge in [0.1, 0.15) is 0 Å². The van der Waals surface area contributed by atoms with Crippen LogP contribution in [0.25, 0.3) is 0 Å². The first-order chi connectivity index (χ1) is 15.8. The summed E-state index contributed by atoms with van der Waals surface area (Å²) in [5.74, 6) is -1.01. The number of nitrogens with zero attached hydrogens (tertiary/aromatic N) is 1. The second-order valence-electron chi connectivity index (χ2n) is 8.71. The maximum absolute atomic E-state index is 12.5. The summed E-state index contributed by atoms with van der Waals surface area (Å²) in [4.78, 5) is 24.4. The number of esters is 1. The fourth-order valence-corrected chi connectivity index (χ4v) is 5.42. The van der Waals surface area contributed by atoms with Gasteiger partial charge in [-0.15, -0.1) is 0 Å². The Labute approximate surface area is 201 Å². The molecule has 1 aromatic carbocycles. The molecule has 1 unspecified atom stereocenters. The molecule has 9 heteroatoms. The lowest BCUT2D eigenvalue weighted by Gasteiger charge is -2.18. The largest absolute Gasteiger partial charge is 0.462 e. The Kier molecular flexibility index (Phi) is 12.4. The van der Waals surface area contributed by atoms with Crippen LogP contribution >= 0.6 is 9.39 Å². The number of ether oxygens (including phenoxy) is 1. The molecule has 1 fully saturated rings. The summed E-state index contributed by atoms with van der Waals surface area (Å²) in [6, 6.07) is 5.00. The molecule has 0 bridgehead atoms. The van der Waals surface area contributed by atoms with Crippen molar-refractivity contribution in [2.24, 2.45) is 0 Å². The van der Waals surface area contributed by atoms with Crippen LogP contribution < -0.4 is 4.72 Å². The lowest BCUT2D eigenvalue weighted by Crippen LogP contribution is -2.42. The highest BCUT2D eigenvalue weighted by Crippen LogP contribution is 2.22. The molecule has 1 aliphatic rings. The molecular weight excluding hydrogens is 459 g/mol. The lowest BCUT2D eigenvalue weighted by molar-refractivity contribution is -0.122. The third-order valence-corrected chi connectivity index (χ3v) is 7.94. The maximum atomic E-state index is 12.5.